The van der Waals surface area contributed by atoms with Crippen molar-refractivity contribution in [3.63, 3.8) is 0 Å². The molecule has 2 bridgehead atoms. The van der Waals surface area contributed by atoms with Crippen LogP contribution in [0.4, 0.5) is 11.4 Å². The summed E-state index contributed by atoms with van der Waals surface area (Å²) in [6.07, 6.45) is 3.84. The average molecular weight is 231 g/mol. The minimum atomic E-state index is -0.393. The third-order valence-corrected chi connectivity index (χ3v) is 4.03. The van der Waals surface area contributed by atoms with E-state index < -0.39 is 5.91 Å². The fourth-order valence-electron chi connectivity index (χ4n) is 3.17. The largest absolute Gasteiger partial charge is 0.397 e. The van der Waals surface area contributed by atoms with E-state index in [1.165, 1.54) is 19.3 Å². The summed E-state index contributed by atoms with van der Waals surface area (Å²) in [7, 11) is 0. The molecule has 4 N–H and O–H groups in total. The Morgan fingerprint density at radius 2 is 2.18 bits per heavy atom. The summed E-state index contributed by atoms with van der Waals surface area (Å²) in [5.74, 6) is 0.409. The first-order chi connectivity index (χ1) is 8.15. The van der Waals surface area contributed by atoms with Gasteiger partial charge in [0.25, 0.3) is 0 Å². The molecule has 90 valence electrons. The number of carbonyl (C=O) groups excluding carboxylic acids is 1. The second-order valence-electron chi connectivity index (χ2n) is 5.12. The zero-order valence-electron chi connectivity index (χ0n) is 9.73. The Morgan fingerprint density at radius 3 is 2.76 bits per heavy atom. The Labute approximate surface area is 101 Å². The summed E-state index contributed by atoms with van der Waals surface area (Å²) in [4.78, 5) is 13.5. The van der Waals surface area contributed by atoms with Gasteiger partial charge in [0.15, 0.2) is 0 Å². The van der Waals surface area contributed by atoms with Crippen molar-refractivity contribution in [1.82, 2.24) is 0 Å². The molecule has 1 aliphatic carbocycles. The highest BCUT2D eigenvalue weighted by molar-refractivity contribution is 5.95. The quantitative estimate of drug-likeness (QED) is 0.755. The van der Waals surface area contributed by atoms with Crippen LogP contribution >= 0.6 is 0 Å². The molecule has 2 fully saturated rings. The lowest BCUT2D eigenvalue weighted by Crippen LogP contribution is -2.32. The Balaban J connectivity index is 1.96. The lowest BCUT2D eigenvalue weighted by atomic mass is 10.1. The Morgan fingerprint density at radius 1 is 1.35 bits per heavy atom. The number of nitrogen functional groups attached to an aromatic ring is 1. The molecule has 1 saturated heterocycles. The van der Waals surface area contributed by atoms with Crippen LogP contribution in [0.2, 0.25) is 0 Å². The zero-order valence-corrected chi connectivity index (χ0v) is 9.73. The summed E-state index contributed by atoms with van der Waals surface area (Å²) in [5.41, 5.74) is 13.6. The lowest BCUT2D eigenvalue weighted by Gasteiger charge is -2.30. The van der Waals surface area contributed by atoms with Gasteiger partial charge in [-0.15, -0.1) is 0 Å². The van der Waals surface area contributed by atoms with E-state index in [0.29, 0.717) is 11.6 Å². The number of fused-ring (bicyclic) bond motifs is 2. The van der Waals surface area contributed by atoms with Crippen LogP contribution in [-0.2, 0) is 0 Å². The van der Waals surface area contributed by atoms with Gasteiger partial charge in [-0.05, 0) is 43.4 Å². The van der Waals surface area contributed by atoms with Gasteiger partial charge in [0.1, 0.15) is 0 Å². The summed E-state index contributed by atoms with van der Waals surface area (Å²) < 4.78 is 0. The van der Waals surface area contributed by atoms with Crippen LogP contribution < -0.4 is 16.4 Å². The van der Waals surface area contributed by atoms with Crippen LogP contribution in [0.15, 0.2) is 18.2 Å². The first kappa shape index (κ1) is 10.4. The standard InChI is InChI=1S/C13H17N3O/c14-11-4-2-9(13(15)17)6-12(11)16-7-8-1-3-10(16)5-8/h2,4,6,8,10H,1,3,5,7,14H2,(H2,15,17). The minimum absolute atomic E-state index is 0.393. The van der Waals surface area contributed by atoms with Crippen LogP contribution in [0.5, 0.6) is 0 Å². The maximum Gasteiger partial charge on any atom is 0.248 e. The summed E-state index contributed by atoms with van der Waals surface area (Å²) >= 11 is 0. The average Bonchev–Trinajstić information content (AvgIpc) is 2.91. The number of hydrogen-bond donors (Lipinski definition) is 2. The van der Waals surface area contributed by atoms with E-state index in [1.54, 1.807) is 12.1 Å². The smallest absolute Gasteiger partial charge is 0.248 e. The van der Waals surface area contributed by atoms with E-state index in [1.807, 2.05) is 6.07 Å². The normalized spacial score (nSPS) is 26.5. The maximum absolute atomic E-state index is 11.2. The number of benzene rings is 1. The Hall–Kier alpha value is -1.71. The van der Waals surface area contributed by atoms with Crippen molar-refractivity contribution in [1.29, 1.82) is 0 Å². The minimum Gasteiger partial charge on any atom is -0.397 e. The van der Waals surface area contributed by atoms with Crippen molar-refractivity contribution >= 4 is 17.3 Å². The molecule has 3 rings (SSSR count). The van der Waals surface area contributed by atoms with Crippen molar-refractivity contribution in [2.45, 2.75) is 25.3 Å². The molecule has 1 aromatic rings. The fraction of sp³-hybridized carbons (Fsp3) is 0.462. The fourth-order valence-corrected chi connectivity index (χ4v) is 3.17. The van der Waals surface area contributed by atoms with E-state index >= 15 is 0 Å². The Kier molecular flexibility index (Phi) is 2.24. The number of piperidine rings is 1. The van der Waals surface area contributed by atoms with Gasteiger partial charge in [0.2, 0.25) is 5.91 Å². The topological polar surface area (TPSA) is 72.3 Å². The molecule has 0 aromatic heterocycles. The van der Waals surface area contributed by atoms with Crippen molar-refractivity contribution in [3.8, 4) is 0 Å². The van der Waals surface area contributed by atoms with E-state index in [4.69, 9.17) is 11.5 Å². The van der Waals surface area contributed by atoms with Gasteiger partial charge >= 0.3 is 0 Å². The molecule has 17 heavy (non-hydrogen) atoms. The van der Waals surface area contributed by atoms with Crippen molar-refractivity contribution in [2.24, 2.45) is 11.7 Å². The van der Waals surface area contributed by atoms with Crippen molar-refractivity contribution < 1.29 is 4.79 Å². The monoisotopic (exact) mass is 231 g/mol. The summed E-state index contributed by atoms with van der Waals surface area (Å²) in [6.45, 7) is 1.07. The molecule has 2 aliphatic rings. The van der Waals surface area contributed by atoms with Gasteiger partial charge in [-0.25, -0.2) is 0 Å². The van der Waals surface area contributed by atoms with E-state index in [2.05, 4.69) is 4.90 Å². The van der Waals surface area contributed by atoms with Gasteiger partial charge in [0.05, 0.1) is 11.4 Å². The molecule has 2 unspecified atom stereocenters. The maximum atomic E-state index is 11.2. The molecule has 1 amide bonds. The van der Waals surface area contributed by atoms with Crippen molar-refractivity contribution in [2.75, 3.05) is 17.2 Å². The number of nitrogens with zero attached hydrogens (tertiary/aromatic N) is 1. The number of hydrogen-bond acceptors (Lipinski definition) is 3. The molecule has 0 radical (unpaired) electrons. The molecule has 1 aromatic carbocycles. The van der Waals surface area contributed by atoms with Crippen LogP contribution in [0.3, 0.4) is 0 Å². The second kappa shape index (κ2) is 3.65. The number of carbonyl (C=O) groups is 1. The van der Waals surface area contributed by atoms with Gasteiger partial charge < -0.3 is 16.4 Å². The molecule has 4 heteroatoms. The SMILES string of the molecule is NC(=O)c1ccc(N)c(N2CC3CCC2C3)c1. The molecule has 2 atom stereocenters. The van der Waals surface area contributed by atoms with Gasteiger partial charge in [-0.1, -0.05) is 0 Å². The van der Waals surface area contributed by atoms with Gasteiger partial charge in [-0.3, -0.25) is 4.79 Å². The summed E-state index contributed by atoms with van der Waals surface area (Å²) in [5, 5.41) is 0. The lowest BCUT2D eigenvalue weighted by molar-refractivity contribution is 0.100. The molecular formula is C13H17N3O. The number of nitrogens with two attached hydrogens (primary N) is 2. The van der Waals surface area contributed by atoms with Gasteiger partial charge in [0, 0.05) is 18.2 Å². The highest BCUT2D eigenvalue weighted by Gasteiger charge is 2.38. The highest BCUT2D eigenvalue weighted by atomic mass is 16.1. The van der Waals surface area contributed by atoms with E-state index in [0.717, 1.165) is 23.8 Å². The predicted octanol–water partition coefficient (Wildman–Crippen LogP) is 1.36. The molecule has 0 spiro atoms. The number of primary amides is 1. The number of amides is 1. The first-order valence-electron chi connectivity index (χ1n) is 6.11. The van der Waals surface area contributed by atoms with Crippen molar-refractivity contribution in [3.05, 3.63) is 23.8 Å². The third kappa shape index (κ3) is 1.64. The van der Waals surface area contributed by atoms with Crippen LogP contribution in [-0.4, -0.2) is 18.5 Å². The predicted molar refractivity (Wildman–Crippen MR) is 67.8 cm³/mol. The number of rotatable bonds is 2. The van der Waals surface area contributed by atoms with E-state index in [9.17, 15) is 4.79 Å². The molecule has 1 aliphatic heterocycles. The highest BCUT2D eigenvalue weighted by Crippen LogP contribution is 2.42. The molecule has 4 nitrogen and oxygen atoms in total. The summed E-state index contributed by atoms with van der Waals surface area (Å²) in [6, 6.07) is 5.90. The van der Waals surface area contributed by atoms with Crippen LogP contribution in [0.1, 0.15) is 29.6 Å². The molecular weight excluding hydrogens is 214 g/mol. The number of anilines is 2. The Bertz CT molecular complexity index is 472. The molecule has 1 heterocycles. The van der Waals surface area contributed by atoms with Gasteiger partial charge in [-0.2, -0.15) is 0 Å². The molecule has 1 saturated carbocycles. The zero-order chi connectivity index (χ0) is 12.0. The van der Waals surface area contributed by atoms with Crippen LogP contribution in [0, 0.1) is 5.92 Å². The first-order valence-corrected chi connectivity index (χ1v) is 6.11. The second-order valence-corrected chi connectivity index (χ2v) is 5.12. The third-order valence-electron chi connectivity index (χ3n) is 4.03. The van der Waals surface area contributed by atoms with E-state index in [-0.39, 0.29) is 0 Å². The van der Waals surface area contributed by atoms with Crippen LogP contribution in [0.25, 0.3) is 0 Å².